The maximum absolute atomic E-state index is 12.3. The normalized spacial score (nSPS) is 13.3. The van der Waals surface area contributed by atoms with Crippen LogP contribution in [0.2, 0.25) is 0 Å². The van der Waals surface area contributed by atoms with Gasteiger partial charge in [0.25, 0.3) is 0 Å². The molecule has 0 aromatic heterocycles. The molecule has 1 rings (SSSR count). The number of benzene rings is 1. The minimum atomic E-state index is -3.49. The summed E-state index contributed by atoms with van der Waals surface area (Å²) in [5, 5.41) is 0.721. The van der Waals surface area contributed by atoms with Crippen molar-refractivity contribution < 1.29 is 13.2 Å². The Morgan fingerprint density at radius 1 is 1.30 bits per heavy atom. The fourth-order valence-corrected chi connectivity index (χ4v) is 3.73. The van der Waals surface area contributed by atoms with E-state index in [1.165, 1.54) is 0 Å². The molecule has 0 aliphatic heterocycles. The first kappa shape index (κ1) is 17.6. The zero-order valence-corrected chi connectivity index (χ0v) is 14.3. The van der Waals surface area contributed by atoms with E-state index in [0.29, 0.717) is 17.9 Å². The molecule has 4 nitrogen and oxygen atoms in total. The molecular weight excluding hydrogens is 342 g/mol. The summed E-state index contributed by atoms with van der Waals surface area (Å²) in [6.45, 7) is 2.46. The molecule has 0 fully saturated rings. The first-order chi connectivity index (χ1) is 9.53. The molecule has 0 aliphatic carbocycles. The van der Waals surface area contributed by atoms with Crippen molar-refractivity contribution in [3.05, 3.63) is 29.8 Å². The van der Waals surface area contributed by atoms with Crippen LogP contribution in [0.5, 0.6) is 0 Å². The van der Waals surface area contributed by atoms with Gasteiger partial charge in [0, 0.05) is 18.5 Å². The van der Waals surface area contributed by atoms with E-state index in [1.54, 1.807) is 19.2 Å². The lowest BCUT2D eigenvalue weighted by molar-refractivity contribution is 0.173. The number of methoxy groups -OCH3 is 1. The van der Waals surface area contributed by atoms with Gasteiger partial charge >= 0.3 is 0 Å². The summed E-state index contributed by atoms with van der Waals surface area (Å²) in [5.41, 5.74) is 1.15. The number of nitrogens with one attached hydrogen (secondary N) is 1. The third-order valence-corrected chi connectivity index (χ3v) is 4.91. The number of hydrogen-bond donors (Lipinski definition) is 1. The number of ether oxygens (including phenoxy) is 1. The molecule has 0 saturated carbocycles. The number of hydrogen-bond acceptors (Lipinski definition) is 3. The Labute approximate surface area is 130 Å². The standard InChI is InChI=1S/C14H22BrNO3S/c1-3-4-12-5-7-14(8-6-12)20(17,18)16-13(9-10-15)11-19-2/h5-8,13,16H,3-4,9-11H2,1-2H3. The van der Waals surface area contributed by atoms with Gasteiger partial charge in [-0.1, -0.05) is 41.4 Å². The van der Waals surface area contributed by atoms with Crippen LogP contribution in [0.25, 0.3) is 0 Å². The highest BCUT2D eigenvalue weighted by Gasteiger charge is 2.19. The summed E-state index contributed by atoms with van der Waals surface area (Å²) < 4.78 is 32.3. The van der Waals surface area contributed by atoms with Crippen molar-refractivity contribution >= 4 is 26.0 Å². The van der Waals surface area contributed by atoms with Gasteiger partial charge in [0.1, 0.15) is 0 Å². The summed E-state index contributed by atoms with van der Waals surface area (Å²) in [5.74, 6) is 0. The van der Waals surface area contributed by atoms with Crippen LogP contribution >= 0.6 is 15.9 Å². The second kappa shape index (κ2) is 8.77. The minimum absolute atomic E-state index is 0.223. The van der Waals surface area contributed by atoms with E-state index in [4.69, 9.17) is 4.74 Å². The second-order valence-corrected chi connectivity index (χ2v) is 7.15. The Morgan fingerprint density at radius 3 is 2.45 bits per heavy atom. The molecule has 1 atom stereocenters. The lowest BCUT2D eigenvalue weighted by Crippen LogP contribution is -2.38. The average molecular weight is 364 g/mol. The molecular formula is C14H22BrNO3S. The summed E-state index contributed by atoms with van der Waals surface area (Å²) in [6.07, 6.45) is 2.69. The van der Waals surface area contributed by atoms with E-state index in [2.05, 4.69) is 27.6 Å². The summed E-state index contributed by atoms with van der Waals surface area (Å²) in [6, 6.07) is 6.83. The maximum Gasteiger partial charge on any atom is 0.240 e. The number of sulfonamides is 1. The van der Waals surface area contributed by atoms with Gasteiger partial charge in [-0.2, -0.15) is 0 Å². The maximum atomic E-state index is 12.3. The highest BCUT2D eigenvalue weighted by Crippen LogP contribution is 2.13. The van der Waals surface area contributed by atoms with Crippen molar-refractivity contribution in [2.24, 2.45) is 0 Å². The van der Waals surface area contributed by atoms with E-state index in [-0.39, 0.29) is 6.04 Å². The lowest BCUT2D eigenvalue weighted by atomic mass is 10.1. The van der Waals surface area contributed by atoms with Crippen molar-refractivity contribution in [3.63, 3.8) is 0 Å². The molecule has 20 heavy (non-hydrogen) atoms. The van der Waals surface area contributed by atoms with Gasteiger partial charge in [-0.3, -0.25) is 0 Å². The molecule has 0 amide bonds. The molecule has 1 N–H and O–H groups in total. The SMILES string of the molecule is CCCc1ccc(S(=O)(=O)NC(CCBr)COC)cc1. The summed E-state index contributed by atoms with van der Waals surface area (Å²) >= 11 is 3.32. The van der Waals surface area contributed by atoms with Crippen molar-refractivity contribution in [2.45, 2.75) is 37.1 Å². The third kappa shape index (κ3) is 5.52. The van der Waals surface area contributed by atoms with Gasteiger partial charge in [0.05, 0.1) is 11.5 Å². The second-order valence-electron chi connectivity index (χ2n) is 4.65. The number of halogens is 1. The van der Waals surface area contributed by atoms with Gasteiger partial charge in [-0.15, -0.1) is 0 Å². The fraction of sp³-hybridized carbons (Fsp3) is 0.571. The monoisotopic (exact) mass is 363 g/mol. The fourth-order valence-electron chi connectivity index (χ4n) is 1.92. The van der Waals surface area contributed by atoms with E-state index >= 15 is 0 Å². The van der Waals surface area contributed by atoms with Crippen LogP contribution < -0.4 is 4.72 Å². The molecule has 1 aromatic rings. The van der Waals surface area contributed by atoms with Gasteiger partial charge in [-0.05, 0) is 30.5 Å². The number of aryl methyl sites for hydroxylation is 1. The number of alkyl halides is 1. The molecule has 1 aromatic carbocycles. The van der Waals surface area contributed by atoms with Crippen LogP contribution in [0.3, 0.4) is 0 Å². The van der Waals surface area contributed by atoms with E-state index < -0.39 is 10.0 Å². The summed E-state index contributed by atoms with van der Waals surface area (Å²) in [4.78, 5) is 0.299. The van der Waals surface area contributed by atoms with Gasteiger partial charge in [0.2, 0.25) is 10.0 Å². The van der Waals surface area contributed by atoms with Crippen molar-refractivity contribution in [1.82, 2.24) is 4.72 Å². The first-order valence-electron chi connectivity index (χ1n) is 6.69. The molecule has 0 aliphatic rings. The quantitative estimate of drug-likeness (QED) is 0.686. The smallest absolute Gasteiger partial charge is 0.240 e. The molecule has 0 radical (unpaired) electrons. The van der Waals surface area contributed by atoms with E-state index in [0.717, 1.165) is 23.7 Å². The van der Waals surface area contributed by atoms with Crippen LogP contribution in [-0.4, -0.2) is 33.5 Å². The summed E-state index contributed by atoms with van der Waals surface area (Å²) in [7, 11) is -1.92. The van der Waals surface area contributed by atoms with Crippen LogP contribution in [0.15, 0.2) is 29.2 Å². The Bertz CT molecular complexity index is 482. The molecule has 0 heterocycles. The first-order valence-corrected chi connectivity index (χ1v) is 9.30. The van der Waals surface area contributed by atoms with Gasteiger partial charge < -0.3 is 4.74 Å². The van der Waals surface area contributed by atoms with Crippen LogP contribution in [0.1, 0.15) is 25.3 Å². The Hall–Kier alpha value is -0.430. The highest BCUT2D eigenvalue weighted by atomic mass is 79.9. The van der Waals surface area contributed by atoms with Crippen LogP contribution in [0, 0.1) is 0 Å². The lowest BCUT2D eigenvalue weighted by Gasteiger charge is -2.17. The molecule has 6 heteroatoms. The topological polar surface area (TPSA) is 55.4 Å². The van der Waals surface area contributed by atoms with Gasteiger partial charge in [0.15, 0.2) is 0 Å². The highest BCUT2D eigenvalue weighted by molar-refractivity contribution is 9.09. The molecule has 0 spiro atoms. The zero-order chi connectivity index (χ0) is 15.0. The van der Waals surface area contributed by atoms with E-state index in [1.807, 2.05) is 12.1 Å². The third-order valence-electron chi connectivity index (χ3n) is 2.92. The van der Waals surface area contributed by atoms with Gasteiger partial charge in [-0.25, -0.2) is 13.1 Å². The molecule has 114 valence electrons. The Balaban J connectivity index is 2.80. The predicted octanol–water partition coefficient (Wildman–Crippen LogP) is 2.72. The largest absolute Gasteiger partial charge is 0.383 e. The van der Waals surface area contributed by atoms with E-state index in [9.17, 15) is 8.42 Å². The van der Waals surface area contributed by atoms with Crippen molar-refractivity contribution in [2.75, 3.05) is 19.0 Å². The Morgan fingerprint density at radius 2 is 1.95 bits per heavy atom. The Kier molecular flexibility index (Phi) is 7.72. The van der Waals surface area contributed by atoms with Crippen molar-refractivity contribution in [3.8, 4) is 0 Å². The van der Waals surface area contributed by atoms with Crippen molar-refractivity contribution in [1.29, 1.82) is 0 Å². The molecule has 1 unspecified atom stereocenters. The number of rotatable bonds is 9. The molecule has 0 bridgehead atoms. The van der Waals surface area contributed by atoms with Crippen LogP contribution in [0.4, 0.5) is 0 Å². The average Bonchev–Trinajstić information content (AvgIpc) is 2.40. The minimum Gasteiger partial charge on any atom is -0.383 e. The molecule has 0 saturated heterocycles. The predicted molar refractivity (Wildman–Crippen MR) is 84.8 cm³/mol. The zero-order valence-electron chi connectivity index (χ0n) is 11.9. The van der Waals surface area contributed by atoms with Crippen LogP contribution in [-0.2, 0) is 21.2 Å².